The van der Waals surface area contributed by atoms with Gasteiger partial charge >= 0.3 is 35.6 Å². The zero-order valence-corrected chi connectivity index (χ0v) is 11.1. The number of phenols is 1. The Morgan fingerprint density at radius 1 is 1.36 bits per heavy atom. The second-order valence-corrected chi connectivity index (χ2v) is 4.77. The van der Waals surface area contributed by atoms with E-state index >= 15 is 0 Å². The first-order valence-electron chi connectivity index (χ1n) is 3.60. The molecule has 0 unspecified atom stereocenters. The van der Waals surface area contributed by atoms with Gasteiger partial charge in [0.15, 0.2) is 0 Å². The maximum absolute atomic E-state index is 9.19. The van der Waals surface area contributed by atoms with Gasteiger partial charge in [0.2, 0.25) is 0 Å². The van der Waals surface area contributed by atoms with Crippen LogP contribution in [0.25, 0.3) is 0 Å². The van der Waals surface area contributed by atoms with Crippen LogP contribution in [0.3, 0.4) is 0 Å². The first kappa shape index (κ1) is 16.5. The normalized spacial score (nSPS) is 7.57. The molecule has 1 aromatic carbocycles. The van der Waals surface area contributed by atoms with Gasteiger partial charge in [-0.25, -0.2) is 0 Å². The number of benzene rings is 1. The molecule has 1 nitrogen and oxygen atoms in total. The molecule has 1 N–H and O–H groups in total. The molecule has 1 aromatic rings. The molecule has 1 rings (SSSR count). The van der Waals surface area contributed by atoms with Crippen LogP contribution in [-0.4, -0.2) is 5.11 Å². The van der Waals surface area contributed by atoms with Gasteiger partial charge in [0.1, 0.15) is 5.75 Å². The average molecular weight is 268 g/mol. The monoisotopic (exact) mass is 267 g/mol. The molecular weight excluding hydrogens is 255 g/mol. The Balaban J connectivity index is 0. The molecule has 0 spiro atoms. The SMILES string of the molecule is C=CCc1ccccc1O.[CH3-].[Cl][Ti][Cl]. The second-order valence-electron chi connectivity index (χ2n) is 2.19. The zero-order valence-electron chi connectivity index (χ0n) is 8.00. The Morgan fingerprint density at radius 2 is 1.86 bits per heavy atom. The van der Waals surface area contributed by atoms with Crippen LogP contribution < -0.4 is 0 Å². The summed E-state index contributed by atoms with van der Waals surface area (Å²) in [6.45, 7) is 3.59. The van der Waals surface area contributed by atoms with E-state index in [-0.39, 0.29) is 7.43 Å². The van der Waals surface area contributed by atoms with Crippen molar-refractivity contribution in [2.75, 3.05) is 0 Å². The third kappa shape index (κ3) is 7.46. The standard InChI is InChI=1S/C9H10O.CH3.2ClH.Ti/c1-2-5-8-6-3-4-7-9(8)10;;;;/h2-4,6-7,10H,1,5H2;1H3;2*1H;/q;-1;;;+2/p-2. The van der Waals surface area contributed by atoms with Crippen LogP contribution in [0.15, 0.2) is 36.9 Å². The third-order valence-corrected chi connectivity index (χ3v) is 1.36. The van der Waals surface area contributed by atoms with Gasteiger partial charge < -0.3 is 12.5 Å². The van der Waals surface area contributed by atoms with Crippen LogP contribution in [0, 0.1) is 7.43 Å². The van der Waals surface area contributed by atoms with Gasteiger partial charge in [0.05, 0.1) is 0 Å². The summed E-state index contributed by atoms with van der Waals surface area (Å²) in [5.41, 5.74) is 0.928. The predicted molar refractivity (Wildman–Crippen MR) is 60.1 cm³/mol. The van der Waals surface area contributed by atoms with E-state index in [4.69, 9.17) is 18.6 Å². The number of halogens is 2. The maximum atomic E-state index is 9.19. The van der Waals surface area contributed by atoms with Crippen molar-refractivity contribution in [2.45, 2.75) is 6.42 Å². The second kappa shape index (κ2) is 11.1. The number of rotatable bonds is 2. The molecule has 0 atom stereocenters. The predicted octanol–water partition coefficient (Wildman–Crippen LogP) is 3.95. The number of aromatic hydroxyl groups is 1. The van der Waals surface area contributed by atoms with Gasteiger partial charge in [0.25, 0.3) is 0 Å². The molecule has 0 fully saturated rings. The van der Waals surface area contributed by atoms with Crippen LogP contribution in [0.2, 0.25) is 0 Å². The van der Waals surface area contributed by atoms with Crippen LogP contribution in [0.4, 0.5) is 0 Å². The van der Waals surface area contributed by atoms with Gasteiger partial charge in [0, 0.05) is 0 Å². The van der Waals surface area contributed by atoms with E-state index in [1.807, 2.05) is 18.2 Å². The fourth-order valence-electron chi connectivity index (χ4n) is 0.839. The Kier molecular flexibility index (Phi) is 13.1. The molecular formula is C10H13Cl2OTi-. The molecule has 4 heteroatoms. The van der Waals surface area contributed by atoms with Crippen molar-refractivity contribution < 1.29 is 22.1 Å². The zero-order chi connectivity index (χ0) is 10.1. The fraction of sp³-hybridized carbons (Fsp3) is 0.100. The number of allylic oxidation sites excluding steroid dienone is 1. The van der Waals surface area contributed by atoms with Crippen molar-refractivity contribution in [1.82, 2.24) is 0 Å². The Labute approximate surface area is 102 Å². The molecule has 0 aliphatic rings. The van der Waals surface area contributed by atoms with Crippen LogP contribution in [0.5, 0.6) is 5.75 Å². The van der Waals surface area contributed by atoms with Gasteiger partial charge in [-0.1, -0.05) is 24.3 Å². The fourth-order valence-corrected chi connectivity index (χ4v) is 0.839. The van der Waals surface area contributed by atoms with E-state index in [2.05, 4.69) is 6.58 Å². The topological polar surface area (TPSA) is 20.2 Å². The first-order valence-corrected chi connectivity index (χ1v) is 7.90. The van der Waals surface area contributed by atoms with Crippen molar-refractivity contribution in [3.05, 3.63) is 49.9 Å². The third-order valence-electron chi connectivity index (χ3n) is 1.36. The van der Waals surface area contributed by atoms with E-state index < -0.39 is 17.0 Å². The number of para-hydroxylation sites is 1. The van der Waals surface area contributed by atoms with Gasteiger partial charge in [-0.05, 0) is 18.1 Å². The molecule has 14 heavy (non-hydrogen) atoms. The van der Waals surface area contributed by atoms with Crippen molar-refractivity contribution in [2.24, 2.45) is 0 Å². The molecule has 0 aliphatic carbocycles. The van der Waals surface area contributed by atoms with Crippen LogP contribution in [-0.2, 0) is 23.5 Å². The summed E-state index contributed by atoms with van der Waals surface area (Å²) in [6, 6.07) is 7.27. The molecule has 0 amide bonds. The van der Waals surface area contributed by atoms with E-state index in [1.165, 1.54) is 0 Å². The molecule has 0 radical (unpaired) electrons. The van der Waals surface area contributed by atoms with Crippen LogP contribution >= 0.6 is 18.6 Å². The number of phenolic OH excluding ortho intramolecular Hbond substituents is 1. The Bertz CT molecular complexity index is 254. The summed E-state index contributed by atoms with van der Waals surface area (Å²) in [7, 11) is 9.78. The van der Waals surface area contributed by atoms with E-state index in [0.29, 0.717) is 5.75 Å². The van der Waals surface area contributed by atoms with E-state index in [0.717, 1.165) is 12.0 Å². The molecule has 78 valence electrons. The Morgan fingerprint density at radius 3 is 2.29 bits per heavy atom. The summed E-state index contributed by atoms with van der Waals surface area (Å²) >= 11 is -0.556. The van der Waals surface area contributed by atoms with Gasteiger partial charge in [-0.2, -0.15) is 0 Å². The van der Waals surface area contributed by atoms with Crippen molar-refractivity contribution in [1.29, 1.82) is 0 Å². The summed E-state index contributed by atoms with van der Waals surface area (Å²) in [5, 5.41) is 9.19. The molecule has 0 aliphatic heterocycles. The van der Waals surface area contributed by atoms with Crippen molar-refractivity contribution in [3.8, 4) is 5.75 Å². The van der Waals surface area contributed by atoms with E-state index in [1.54, 1.807) is 12.1 Å². The molecule has 0 saturated heterocycles. The minimum atomic E-state index is -0.556. The molecule has 0 bridgehead atoms. The molecule has 0 aromatic heterocycles. The Hall–Kier alpha value is 0.0543. The summed E-state index contributed by atoms with van der Waals surface area (Å²) in [6.07, 6.45) is 2.50. The molecule has 0 heterocycles. The number of hydrogen-bond donors (Lipinski definition) is 1. The first-order chi connectivity index (χ1) is 6.26. The molecule has 0 saturated carbocycles. The quantitative estimate of drug-likeness (QED) is 0.489. The summed E-state index contributed by atoms with van der Waals surface area (Å²) < 4.78 is 0. The minimum absolute atomic E-state index is 0. The average Bonchev–Trinajstić information content (AvgIpc) is 2.11. The van der Waals surface area contributed by atoms with Crippen molar-refractivity contribution in [3.63, 3.8) is 0 Å². The van der Waals surface area contributed by atoms with Gasteiger partial charge in [-0.3, -0.25) is 0 Å². The van der Waals surface area contributed by atoms with Crippen molar-refractivity contribution >= 4 is 18.6 Å². The van der Waals surface area contributed by atoms with Gasteiger partial charge in [-0.15, -0.1) is 6.58 Å². The summed E-state index contributed by atoms with van der Waals surface area (Å²) in [4.78, 5) is 0. The summed E-state index contributed by atoms with van der Waals surface area (Å²) in [5.74, 6) is 0.349. The number of hydrogen-bond acceptors (Lipinski definition) is 1. The van der Waals surface area contributed by atoms with E-state index in [9.17, 15) is 5.11 Å². The van der Waals surface area contributed by atoms with Crippen LogP contribution in [0.1, 0.15) is 5.56 Å².